The molecule has 6 heteroatoms. The van der Waals surface area contributed by atoms with Gasteiger partial charge in [0.15, 0.2) is 0 Å². The summed E-state index contributed by atoms with van der Waals surface area (Å²) in [5.74, 6) is 0.256. The van der Waals surface area contributed by atoms with E-state index >= 15 is 0 Å². The number of hydrogen-bond acceptors (Lipinski definition) is 4. The highest BCUT2D eigenvalue weighted by Crippen LogP contribution is 2.11. The Balaban J connectivity index is 1.76. The summed E-state index contributed by atoms with van der Waals surface area (Å²) in [4.78, 5) is 16.2. The van der Waals surface area contributed by atoms with E-state index in [1.807, 2.05) is 0 Å². The number of nitrogens with zero attached hydrogens (tertiary/aromatic N) is 1. The molecule has 0 unspecified atom stereocenters. The van der Waals surface area contributed by atoms with Gasteiger partial charge in [0.25, 0.3) is 0 Å². The molecule has 0 spiro atoms. The van der Waals surface area contributed by atoms with Gasteiger partial charge in [-0.05, 0) is 49.1 Å². The van der Waals surface area contributed by atoms with Gasteiger partial charge in [0.1, 0.15) is 11.6 Å². The van der Waals surface area contributed by atoms with Gasteiger partial charge >= 0.3 is 0 Å². The van der Waals surface area contributed by atoms with Gasteiger partial charge in [-0.25, -0.2) is 9.37 Å². The Morgan fingerprint density at radius 1 is 1.08 bits per heavy atom. The summed E-state index contributed by atoms with van der Waals surface area (Å²) >= 11 is 0. The number of rotatable bonds is 9. The van der Waals surface area contributed by atoms with Crippen LogP contribution >= 0.6 is 0 Å². The van der Waals surface area contributed by atoms with Crippen LogP contribution in [-0.4, -0.2) is 29.1 Å². The summed E-state index contributed by atoms with van der Waals surface area (Å²) in [5, 5.41) is 14.7. The van der Waals surface area contributed by atoms with E-state index in [2.05, 4.69) is 15.6 Å². The molecule has 24 heavy (non-hydrogen) atoms. The first-order valence-corrected chi connectivity index (χ1v) is 8.02. The normalized spacial score (nSPS) is 10.4. The second-order valence-electron chi connectivity index (χ2n) is 5.49. The number of aromatic nitrogens is 1. The average molecular weight is 331 g/mol. The highest BCUT2D eigenvalue weighted by atomic mass is 19.1. The standard InChI is InChI=1S/C18H22FN3O2/c19-15-6-4-14(5-7-15)12-18(24)22-16-8-9-17(21-13-16)20-10-2-1-3-11-23/h4-9,13,23H,1-3,10-12H2,(H,20,21)(H,22,24). The van der Waals surface area contributed by atoms with Gasteiger partial charge in [-0.15, -0.1) is 0 Å². The summed E-state index contributed by atoms with van der Waals surface area (Å²) in [5.41, 5.74) is 1.37. The third-order valence-corrected chi connectivity index (χ3v) is 3.47. The molecule has 128 valence electrons. The molecular weight excluding hydrogens is 309 g/mol. The molecule has 0 bridgehead atoms. The molecule has 0 saturated carbocycles. The molecule has 2 aromatic rings. The van der Waals surface area contributed by atoms with Crippen molar-refractivity contribution in [1.82, 2.24) is 4.98 Å². The number of aliphatic hydroxyl groups excluding tert-OH is 1. The highest BCUT2D eigenvalue weighted by molar-refractivity contribution is 5.92. The SMILES string of the molecule is O=C(Cc1ccc(F)cc1)Nc1ccc(NCCCCCO)nc1. The van der Waals surface area contributed by atoms with Crippen molar-refractivity contribution < 1.29 is 14.3 Å². The summed E-state index contributed by atoms with van der Waals surface area (Å²) < 4.78 is 12.8. The van der Waals surface area contributed by atoms with Gasteiger partial charge in [0, 0.05) is 13.2 Å². The Labute approximate surface area is 140 Å². The molecule has 2 rings (SSSR count). The van der Waals surface area contributed by atoms with Crippen molar-refractivity contribution in [2.75, 3.05) is 23.8 Å². The number of amides is 1. The van der Waals surface area contributed by atoms with Gasteiger partial charge in [-0.1, -0.05) is 12.1 Å². The lowest BCUT2D eigenvalue weighted by Gasteiger charge is -2.08. The minimum Gasteiger partial charge on any atom is -0.396 e. The van der Waals surface area contributed by atoms with E-state index in [0.29, 0.717) is 5.69 Å². The van der Waals surface area contributed by atoms with Crippen LogP contribution < -0.4 is 10.6 Å². The second kappa shape index (κ2) is 9.62. The van der Waals surface area contributed by atoms with E-state index in [4.69, 9.17) is 5.11 Å². The van der Waals surface area contributed by atoms with Crippen molar-refractivity contribution >= 4 is 17.4 Å². The Kier molecular flexibility index (Phi) is 7.17. The number of carbonyl (C=O) groups excluding carboxylic acids is 1. The van der Waals surface area contributed by atoms with Crippen molar-refractivity contribution in [1.29, 1.82) is 0 Å². The molecule has 1 amide bonds. The number of anilines is 2. The van der Waals surface area contributed by atoms with Crippen molar-refractivity contribution in [3.63, 3.8) is 0 Å². The zero-order valence-corrected chi connectivity index (χ0v) is 13.5. The zero-order chi connectivity index (χ0) is 17.2. The topological polar surface area (TPSA) is 74.2 Å². The molecule has 0 aliphatic heterocycles. The Morgan fingerprint density at radius 3 is 2.54 bits per heavy atom. The Hall–Kier alpha value is -2.47. The molecule has 0 fully saturated rings. The number of unbranched alkanes of at least 4 members (excludes halogenated alkanes) is 2. The number of pyridine rings is 1. The number of benzene rings is 1. The van der Waals surface area contributed by atoms with Crippen LogP contribution in [0.1, 0.15) is 24.8 Å². The molecule has 0 atom stereocenters. The first-order chi connectivity index (χ1) is 11.7. The van der Waals surface area contributed by atoms with Crippen LogP contribution in [-0.2, 0) is 11.2 Å². The molecule has 0 aliphatic carbocycles. The van der Waals surface area contributed by atoms with Crippen molar-refractivity contribution in [2.24, 2.45) is 0 Å². The quantitative estimate of drug-likeness (QED) is 0.618. The van der Waals surface area contributed by atoms with Gasteiger partial charge in [0.2, 0.25) is 5.91 Å². The maximum atomic E-state index is 12.8. The first-order valence-electron chi connectivity index (χ1n) is 8.02. The minimum absolute atomic E-state index is 0.173. The molecular formula is C18H22FN3O2. The lowest BCUT2D eigenvalue weighted by Crippen LogP contribution is -2.14. The van der Waals surface area contributed by atoms with Crippen LogP contribution in [0.2, 0.25) is 0 Å². The predicted molar refractivity (Wildman–Crippen MR) is 92.4 cm³/mol. The lowest BCUT2D eigenvalue weighted by atomic mass is 10.1. The fourth-order valence-electron chi connectivity index (χ4n) is 2.20. The summed E-state index contributed by atoms with van der Waals surface area (Å²) in [6.45, 7) is 1.02. The fraction of sp³-hybridized carbons (Fsp3) is 0.333. The van der Waals surface area contributed by atoms with Crippen LogP contribution in [0.25, 0.3) is 0 Å². The van der Waals surface area contributed by atoms with Crippen molar-refractivity contribution in [2.45, 2.75) is 25.7 Å². The van der Waals surface area contributed by atoms with E-state index in [0.717, 1.165) is 37.2 Å². The van der Waals surface area contributed by atoms with E-state index < -0.39 is 0 Å². The third kappa shape index (κ3) is 6.34. The summed E-state index contributed by atoms with van der Waals surface area (Å²) in [6, 6.07) is 9.45. The second-order valence-corrected chi connectivity index (χ2v) is 5.49. The van der Waals surface area contributed by atoms with Gasteiger partial charge in [-0.2, -0.15) is 0 Å². The first kappa shape index (κ1) is 17.9. The van der Waals surface area contributed by atoms with Crippen molar-refractivity contribution in [3.05, 3.63) is 54.0 Å². The van der Waals surface area contributed by atoms with Gasteiger partial charge < -0.3 is 15.7 Å². The van der Waals surface area contributed by atoms with Gasteiger partial charge in [-0.3, -0.25) is 4.79 Å². The fourth-order valence-corrected chi connectivity index (χ4v) is 2.20. The molecule has 0 radical (unpaired) electrons. The number of halogens is 1. The van der Waals surface area contributed by atoms with Crippen molar-refractivity contribution in [3.8, 4) is 0 Å². The maximum absolute atomic E-state index is 12.8. The molecule has 1 aromatic carbocycles. The monoisotopic (exact) mass is 331 g/mol. The van der Waals surface area contributed by atoms with E-state index in [1.54, 1.807) is 30.5 Å². The van der Waals surface area contributed by atoms with Crippen LogP contribution in [0.15, 0.2) is 42.6 Å². The number of nitrogens with one attached hydrogen (secondary N) is 2. The highest BCUT2D eigenvalue weighted by Gasteiger charge is 2.05. The van der Waals surface area contributed by atoms with E-state index in [1.165, 1.54) is 12.1 Å². The third-order valence-electron chi connectivity index (χ3n) is 3.47. The zero-order valence-electron chi connectivity index (χ0n) is 13.5. The van der Waals surface area contributed by atoms with Crippen LogP contribution in [0.5, 0.6) is 0 Å². The smallest absolute Gasteiger partial charge is 0.228 e. The van der Waals surface area contributed by atoms with Crippen LogP contribution in [0.4, 0.5) is 15.9 Å². The predicted octanol–water partition coefficient (Wildman–Crippen LogP) is 2.98. The summed E-state index contributed by atoms with van der Waals surface area (Å²) in [6.07, 6.45) is 4.54. The molecule has 0 aliphatic rings. The Morgan fingerprint density at radius 2 is 1.88 bits per heavy atom. The van der Waals surface area contributed by atoms with E-state index in [9.17, 15) is 9.18 Å². The Bertz CT molecular complexity index is 630. The molecule has 1 heterocycles. The molecule has 3 N–H and O–H groups in total. The average Bonchev–Trinajstić information content (AvgIpc) is 2.58. The molecule has 5 nitrogen and oxygen atoms in total. The lowest BCUT2D eigenvalue weighted by molar-refractivity contribution is -0.115. The summed E-state index contributed by atoms with van der Waals surface area (Å²) in [7, 11) is 0. The molecule has 1 aromatic heterocycles. The number of carbonyl (C=O) groups is 1. The van der Waals surface area contributed by atoms with Crippen LogP contribution in [0, 0.1) is 5.82 Å². The van der Waals surface area contributed by atoms with Gasteiger partial charge in [0.05, 0.1) is 18.3 Å². The number of hydrogen-bond donors (Lipinski definition) is 3. The largest absolute Gasteiger partial charge is 0.396 e. The minimum atomic E-state index is -0.317. The molecule has 0 saturated heterocycles. The van der Waals surface area contributed by atoms with E-state index in [-0.39, 0.29) is 24.8 Å². The maximum Gasteiger partial charge on any atom is 0.228 e. The number of aliphatic hydroxyl groups is 1. The van der Waals surface area contributed by atoms with Crippen LogP contribution in [0.3, 0.4) is 0 Å².